The van der Waals surface area contributed by atoms with Crippen molar-refractivity contribution in [2.24, 2.45) is 0 Å². The van der Waals surface area contributed by atoms with Crippen LogP contribution in [0.15, 0.2) is 16.3 Å². The number of nitrogens with two attached hydrogens (primary N) is 1. The van der Waals surface area contributed by atoms with Crippen molar-refractivity contribution in [1.82, 2.24) is 14.9 Å². The topological polar surface area (TPSA) is 72.1 Å². The van der Waals surface area contributed by atoms with Crippen LogP contribution in [0.3, 0.4) is 0 Å². The molecule has 2 aromatic rings. The van der Waals surface area contributed by atoms with Crippen LogP contribution in [-0.4, -0.2) is 33.9 Å². The maximum absolute atomic E-state index is 12.3. The molecule has 3 rings (SSSR count). The summed E-state index contributed by atoms with van der Waals surface area (Å²) in [4.78, 5) is 22.6. The first-order valence-corrected chi connectivity index (χ1v) is 7.94. The molecule has 0 spiro atoms. The minimum absolute atomic E-state index is 0.0224. The fraction of sp³-hybridized carbons (Fsp3) is 0.417. The van der Waals surface area contributed by atoms with Crippen LogP contribution in [0.25, 0.3) is 0 Å². The third kappa shape index (κ3) is 2.62. The molecular weight excluding hydrogens is 280 g/mol. The van der Waals surface area contributed by atoms with E-state index in [9.17, 15) is 4.79 Å². The molecule has 1 unspecified atom stereocenters. The zero-order chi connectivity index (χ0) is 13.2. The Morgan fingerprint density at radius 3 is 3.05 bits per heavy atom. The highest BCUT2D eigenvalue weighted by Gasteiger charge is 2.27. The third-order valence-corrected chi connectivity index (χ3v) is 4.60. The van der Waals surface area contributed by atoms with Gasteiger partial charge in [-0.2, -0.15) is 0 Å². The molecule has 1 atom stereocenters. The molecule has 1 aliphatic rings. The van der Waals surface area contributed by atoms with E-state index in [0.29, 0.717) is 23.3 Å². The molecule has 2 N–H and O–H groups in total. The van der Waals surface area contributed by atoms with Gasteiger partial charge in [0.15, 0.2) is 5.13 Å². The quantitative estimate of drug-likeness (QED) is 0.921. The summed E-state index contributed by atoms with van der Waals surface area (Å²) in [6.45, 7) is 1.51. The molecule has 2 aromatic heterocycles. The fourth-order valence-corrected chi connectivity index (χ4v) is 3.54. The molecule has 1 saturated heterocycles. The van der Waals surface area contributed by atoms with Crippen LogP contribution in [0.1, 0.15) is 34.9 Å². The van der Waals surface area contributed by atoms with Gasteiger partial charge >= 0.3 is 0 Å². The van der Waals surface area contributed by atoms with E-state index in [2.05, 4.69) is 9.97 Å². The molecule has 5 nitrogen and oxygen atoms in total. The lowest BCUT2D eigenvalue weighted by Gasteiger charge is -2.31. The van der Waals surface area contributed by atoms with Gasteiger partial charge in [0.05, 0.1) is 11.2 Å². The Labute approximate surface area is 119 Å². The number of anilines is 1. The Bertz CT molecular complexity index is 566. The van der Waals surface area contributed by atoms with Crippen LogP contribution in [0.2, 0.25) is 0 Å². The Kier molecular flexibility index (Phi) is 3.48. The Balaban J connectivity index is 1.73. The molecule has 0 saturated carbocycles. The molecule has 1 amide bonds. The molecule has 0 aliphatic carbocycles. The van der Waals surface area contributed by atoms with Crippen molar-refractivity contribution in [3.8, 4) is 0 Å². The van der Waals surface area contributed by atoms with Gasteiger partial charge in [-0.25, -0.2) is 9.97 Å². The summed E-state index contributed by atoms with van der Waals surface area (Å²) < 4.78 is 0. The highest BCUT2D eigenvalue weighted by molar-refractivity contribution is 7.13. The van der Waals surface area contributed by atoms with Gasteiger partial charge in [-0.1, -0.05) is 0 Å². The number of piperidine rings is 1. The molecule has 100 valence electrons. The predicted octanol–water partition coefficient (Wildman–Crippen LogP) is 2.20. The lowest BCUT2D eigenvalue weighted by atomic mass is 9.95. The molecule has 0 bridgehead atoms. The number of rotatable bonds is 2. The van der Waals surface area contributed by atoms with Gasteiger partial charge in [0.1, 0.15) is 5.69 Å². The van der Waals surface area contributed by atoms with Crippen LogP contribution in [0.4, 0.5) is 5.13 Å². The van der Waals surface area contributed by atoms with Gasteiger partial charge in [0.25, 0.3) is 5.91 Å². The smallest absolute Gasteiger partial charge is 0.273 e. The average Bonchev–Trinajstić information content (AvgIpc) is 3.09. The maximum Gasteiger partial charge on any atom is 0.273 e. The number of amides is 1. The predicted molar refractivity (Wildman–Crippen MR) is 76.5 cm³/mol. The lowest BCUT2D eigenvalue weighted by Crippen LogP contribution is -2.39. The minimum atomic E-state index is 0.0224. The number of aromatic nitrogens is 2. The van der Waals surface area contributed by atoms with Gasteiger partial charge in [-0.15, -0.1) is 22.7 Å². The number of likely N-dealkylation sites (tertiary alicyclic amines) is 1. The second-order valence-electron chi connectivity index (χ2n) is 4.57. The van der Waals surface area contributed by atoms with Gasteiger partial charge in [0, 0.05) is 29.8 Å². The number of hydrogen-bond acceptors (Lipinski definition) is 6. The number of nitrogens with zero attached hydrogens (tertiary/aromatic N) is 3. The summed E-state index contributed by atoms with van der Waals surface area (Å²) in [5.74, 6) is 0.319. The molecule has 19 heavy (non-hydrogen) atoms. The molecule has 3 heterocycles. The zero-order valence-corrected chi connectivity index (χ0v) is 11.9. The highest BCUT2D eigenvalue weighted by atomic mass is 32.1. The van der Waals surface area contributed by atoms with Crippen molar-refractivity contribution in [3.63, 3.8) is 0 Å². The van der Waals surface area contributed by atoms with Gasteiger partial charge in [-0.05, 0) is 12.8 Å². The van der Waals surface area contributed by atoms with Crippen molar-refractivity contribution in [2.75, 3.05) is 18.8 Å². The molecule has 1 fully saturated rings. The van der Waals surface area contributed by atoms with E-state index in [1.54, 1.807) is 10.9 Å². The summed E-state index contributed by atoms with van der Waals surface area (Å²) in [6.07, 6.45) is 2.06. The Morgan fingerprint density at radius 2 is 2.37 bits per heavy atom. The normalized spacial score (nSPS) is 19.6. The summed E-state index contributed by atoms with van der Waals surface area (Å²) in [5, 5.41) is 4.39. The van der Waals surface area contributed by atoms with Gasteiger partial charge < -0.3 is 10.6 Å². The zero-order valence-electron chi connectivity index (χ0n) is 10.3. The number of thiazole rings is 2. The third-order valence-electron chi connectivity index (χ3n) is 3.32. The van der Waals surface area contributed by atoms with Crippen LogP contribution in [-0.2, 0) is 0 Å². The summed E-state index contributed by atoms with van der Waals surface area (Å²) in [6, 6.07) is 0. The summed E-state index contributed by atoms with van der Waals surface area (Å²) >= 11 is 2.90. The Hall–Kier alpha value is -1.47. The van der Waals surface area contributed by atoms with Crippen LogP contribution < -0.4 is 5.73 Å². The van der Waals surface area contributed by atoms with Crippen molar-refractivity contribution >= 4 is 33.7 Å². The van der Waals surface area contributed by atoms with E-state index in [1.165, 1.54) is 22.7 Å². The van der Waals surface area contributed by atoms with E-state index < -0.39 is 0 Å². The second kappa shape index (κ2) is 5.26. The van der Waals surface area contributed by atoms with Crippen LogP contribution in [0, 0.1) is 0 Å². The minimum Gasteiger partial charge on any atom is -0.375 e. The van der Waals surface area contributed by atoms with Crippen molar-refractivity contribution in [3.05, 3.63) is 27.7 Å². The molecule has 7 heteroatoms. The van der Waals surface area contributed by atoms with Gasteiger partial charge in [-0.3, -0.25) is 4.79 Å². The van der Waals surface area contributed by atoms with E-state index in [0.717, 1.165) is 25.1 Å². The summed E-state index contributed by atoms with van der Waals surface area (Å²) in [7, 11) is 0. The molecule has 0 radical (unpaired) electrons. The summed E-state index contributed by atoms with van der Waals surface area (Å²) in [5.41, 5.74) is 8.92. The van der Waals surface area contributed by atoms with Crippen LogP contribution in [0.5, 0.6) is 0 Å². The van der Waals surface area contributed by atoms with Gasteiger partial charge in [0.2, 0.25) is 0 Å². The lowest BCUT2D eigenvalue weighted by molar-refractivity contribution is 0.0701. The maximum atomic E-state index is 12.3. The highest BCUT2D eigenvalue weighted by Crippen LogP contribution is 2.29. The fourth-order valence-electron chi connectivity index (χ4n) is 2.37. The Morgan fingerprint density at radius 1 is 1.47 bits per heavy atom. The first-order chi connectivity index (χ1) is 9.24. The number of carbonyl (C=O) groups excluding carboxylic acids is 1. The van der Waals surface area contributed by atoms with Crippen molar-refractivity contribution < 1.29 is 4.79 Å². The monoisotopic (exact) mass is 294 g/mol. The number of hydrogen-bond donors (Lipinski definition) is 1. The number of nitrogen functional groups attached to an aromatic ring is 1. The van der Waals surface area contributed by atoms with Crippen molar-refractivity contribution in [1.29, 1.82) is 0 Å². The van der Waals surface area contributed by atoms with E-state index >= 15 is 0 Å². The van der Waals surface area contributed by atoms with E-state index in [1.807, 2.05) is 10.3 Å². The average molecular weight is 294 g/mol. The first-order valence-electron chi connectivity index (χ1n) is 6.12. The number of carbonyl (C=O) groups is 1. The first kappa shape index (κ1) is 12.6. The SMILES string of the molecule is Nc1nc(C2CCCN(C(=O)c3cscn3)C2)cs1. The largest absolute Gasteiger partial charge is 0.375 e. The van der Waals surface area contributed by atoms with Crippen molar-refractivity contribution in [2.45, 2.75) is 18.8 Å². The van der Waals surface area contributed by atoms with E-state index in [4.69, 9.17) is 5.73 Å². The molecular formula is C12H14N4OS2. The molecule has 1 aliphatic heterocycles. The molecule has 0 aromatic carbocycles. The van der Waals surface area contributed by atoms with E-state index in [-0.39, 0.29) is 5.91 Å². The second-order valence-corrected chi connectivity index (χ2v) is 6.18. The van der Waals surface area contributed by atoms with Crippen LogP contribution >= 0.6 is 22.7 Å². The standard InChI is InChI=1S/C12H14N4OS2/c13-12-15-9(6-19-12)8-2-1-3-16(4-8)11(17)10-5-18-7-14-10/h5-8H,1-4H2,(H2,13,15).